The van der Waals surface area contributed by atoms with Gasteiger partial charge < -0.3 is 20.3 Å². The van der Waals surface area contributed by atoms with E-state index >= 15 is 0 Å². The van der Waals surface area contributed by atoms with E-state index in [4.69, 9.17) is 4.74 Å². The van der Waals surface area contributed by atoms with Gasteiger partial charge in [-0.3, -0.25) is 4.98 Å². The molecule has 6 heteroatoms. The average Bonchev–Trinajstić information content (AvgIpc) is 2.66. The van der Waals surface area contributed by atoms with Gasteiger partial charge in [0.1, 0.15) is 12.4 Å². The fourth-order valence-corrected chi connectivity index (χ4v) is 2.68. The summed E-state index contributed by atoms with van der Waals surface area (Å²) in [5, 5.41) is 6.30. The summed E-state index contributed by atoms with van der Waals surface area (Å²) in [6.07, 6.45) is 3.38. The van der Waals surface area contributed by atoms with E-state index in [2.05, 4.69) is 15.6 Å². The first kappa shape index (κ1) is 16.3. The first-order chi connectivity index (χ1) is 11.8. The third kappa shape index (κ3) is 4.45. The number of hydrogen-bond acceptors (Lipinski definition) is 4. The quantitative estimate of drug-likeness (QED) is 0.877. The lowest BCUT2D eigenvalue weighted by molar-refractivity contribution is 0.124. The van der Waals surface area contributed by atoms with Gasteiger partial charge >= 0.3 is 6.03 Å². The number of hydrogen-bond donors (Lipinski definition) is 2. The predicted molar refractivity (Wildman–Crippen MR) is 91.8 cm³/mol. The summed E-state index contributed by atoms with van der Waals surface area (Å²) in [6, 6.07) is 13.5. The van der Waals surface area contributed by atoms with Crippen LogP contribution in [0.3, 0.4) is 0 Å². The lowest BCUT2D eigenvalue weighted by Crippen LogP contribution is -2.58. The number of ether oxygens (including phenoxy) is 1. The van der Waals surface area contributed by atoms with Crippen molar-refractivity contribution in [3.63, 3.8) is 0 Å². The molecule has 1 fully saturated rings. The molecule has 0 saturated carbocycles. The number of aromatic nitrogens is 1. The van der Waals surface area contributed by atoms with Crippen LogP contribution < -0.4 is 15.4 Å². The van der Waals surface area contributed by atoms with E-state index in [1.807, 2.05) is 47.4 Å². The van der Waals surface area contributed by atoms with Gasteiger partial charge in [0, 0.05) is 32.4 Å². The van der Waals surface area contributed by atoms with Crippen LogP contribution in [0.2, 0.25) is 0 Å². The van der Waals surface area contributed by atoms with Gasteiger partial charge in [-0.1, -0.05) is 30.3 Å². The molecule has 0 bridgehead atoms. The van der Waals surface area contributed by atoms with Crippen molar-refractivity contribution < 1.29 is 9.53 Å². The van der Waals surface area contributed by atoms with Crippen LogP contribution >= 0.6 is 0 Å². The standard InChI is InChI=1S/C18H22N4O2/c23-18(21-11-15-5-2-1-3-6-15)22-10-9-20-12-16(22)14-24-17-7-4-8-19-13-17/h1-8,13,16,20H,9-12,14H2,(H,21,23)/t16-/m1/s1. The third-order valence-corrected chi connectivity index (χ3v) is 3.97. The fraction of sp³-hybridized carbons (Fsp3) is 0.333. The van der Waals surface area contributed by atoms with Gasteiger partial charge in [-0.15, -0.1) is 0 Å². The van der Waals surface area contributed by atoms with Crippen LogP contribution in [0.15, 0.2) is 54.9 Å². The third-order valence-electron chi connectivity index (χ3n) is 3.97. The van der Waals surface area contributed by atoms with Gasteiger partial charge in [-0.05, 0) is 17.7 Å². The second-order valence-electron chi connectivity index (χ2n) is 5.70. The molecule has 2 aromatic rings. The summed E-state index contributed by atoms with van der Waals surface area (Å²) in [7, 11) is 0. The lowest BCUT2D eigenvalue weighted by atomic mass is 10.2. The second-order valence-corrected chi connectivity index (χ2v) is 5.70. The highest BCUT2D eigenvalue weighted by Gasteiger charge is 2.27. The molecular weight excluding hydrogens is 304 g/mol. The van der Waals surface area contributed by atoms with Crippen LogP contribution in [-0.2, 0) is 6.54 Å². The molecule has 1 aliphatic heterocycles. The minimum Gasteiger partial charge on any atom is -0.490 e. The van der Waals surface area contributed by atoms with E-state index in [9.17, 15) is 4.79 Å². The van der Waals surface area contributed by atoms with Gasteiger partial charge in [-0.25, -0.2) is 4.79 Å². The minimum absolute atomic E-state index is 0.00488. The normalized spacial score (nSPS) is 17.3. The molecule has 0 aliphatic carbocycles. The number of piperazine rings is 1. The average molecular weight is 326 g/mol. The Balaban J connectivity index is 1.54. The van der Waals surface area contributed by atoms with Crippen molar-refractivity contribution in [2.24, 2.45) is 0 Å². The number of amides is 2. The van der Waals surface area contributed by atoms with Gasteiger partial charge in [-0.2, -0.15) is 0 Å². The highest BCUT2D eigenvalue weighted by Crippen LogP contribution is 2.10. The minimum atomic E-state index is -0.0554. The molecule has 0 spiro atoms. The van der Waals surface area contributed by atoms with E-state index in [0.717, 1.165) is 18.7 Å². The molecule has 1 atom stereocenters. The molecule has 2 N–H and O–H groups in total. The Kier molecular flexibility index (Phi) is 5.63. The molecule has 0 radical (unpaired) electrons. The van der Waals surface area contributed by atoms with Crippen LogP contribution in [0.1, 0.15) is 5.56 Å². The van der Waals surface area contributed by atoms with Crippen molar-refractivity contribution in [2.75, 3.05) is 26.2 Å². The van der Waals surface area contributed by atoms with Crippen molar-refractivity contribution in [1.29, 1.82) is 0 Å². The maximum Gasteiger partial charge on any atom is 0.318 e. The Bertz CT molecular complexity index is 636. The van der Waals surface area contributed by atoms with Crippen LogP contribution in [-0.4, -0.2) is 48.2 Å². The predicted octanol–water partition coefficient (Wildman–Crippen LogP) is 1.64. The SMILES string of the molecule is O=C(NCc1ccccc1)N1CCNC[C@@H]1COc1cccnc1. The van der Waals surface area contributed by atoms with Crippen molar-refractivity contribution in [3.8, 4) is 5.75 Å². The Hall–Kier alpha value is -2.60. The molecule has 3 rings (SSSR count). The summed E-state index contributed by atoms with van der Waals surface area (Å²) in [5.74, 6) is 0.715. The zero-order chi connectivity index (χ0) is 16.6. The molecule has 2 heterocycles. The molecule has 1 aromatic carbocycles. The molecule has 1 saturated heterocycles. The molecule has 1 aliphatic rings. The van der Waals surface area contributed by atoms with Crippen molar-refractivity contribution >= 4 is 6.03 Å². The zero-order valence-corrected chi connectivity index (χ0v) is 13.5. The molecule has 1 aromatic heterocycles. The smallest absolute Gasteiger partial charge is 0.318 e. The van der Waals surface area contributed by atoms with E-state index < -0.39 is 0 Å². The van der Waals surface area contributed by atoms with Crippen LogP contribution in [0.5, 0.6) is 5.75 Å². The Morgan fingerprint density at radius 1 is 1.29 bits per heavy atom. The number of urea groups is 1. The van der Waals surface area contributed by atoms with Crippen LogP contribution in [0.4, 0.5) is 4.79 Å². The molecule has 126 valence electrons. The van der Waals surface area contributed by atoms with Gasteiger partial charge in [0.05, 0.1) is 12.2 Å². The van der Waals surface area contributed by atoms with Gasteiger partial charge in [0.25, 0.3) is 0 Å². The Morgan fingerprint density at radius 3 is 2.96 bits per heavy atom. The first-order valence-corrected chi connectivity index (χ1v) is 8.15. The second kappa shape index (κ2) is 8.31. The monoisotopic (exact) mass is 326 g/mol. The number of nitrogens with zero attached hydrogens (tertiary/aromatic N) is 2. The topological polar surface area (TPSA) is 66.5 Å². The van der Waals surface area contributed by atoms with Crippen molar-refractivity contribution in [1.82, 2.24) is 20.5 Å². The number of rotatable bonds is 5. The first-order valence-electron chi connectivity index (χ1n) is 8.15. The Labute approximate surface area is 141 Å². The maximum atomic E-state index is 12.5. The fourth-order valence-electron chi connectivity index (χ4n) is 2.68. The Morgan fingerprint density at radius 2 is 2.17 bits per heavy atom. The zero-order valence-electron chi connectivity index (χ0n) is 13.5. The van der Waals surface area contributed by atoms with Crippen molar-refractivity contribution in [2.45, 2.75) is 12.6 Å². The number of pyridine rings is 1. The van der Waals surface area contributed by atoms with Crippen LogP contribution in [0.25, 0.3) is 0 Å². The molecule has 0 unspecified atom stereocenters. The summed E-state index contributed by atoms with van der Waals surface area (Å²) >= 11 is 0. The summed E-state index contributed by atoms with van der Waals surface area (Å²) in [6.45, 7) is 3.15. The molecule has 24 heavy (non-hydrogen) atoms. The maximum absolute atomic E-state index is 12.5. The number of carbonyl (C=O) groups is 1. The van der Waals surface area contributed by atoms with E-state index in [1.54, 1.807) is 12.4 Å². The van der Waals surface area contributed by atoms with E-state index in [0.29, 0.717) is 25.4 Å². The lowest BCUT2D eigenvalue weighted by Gasteiger charge is -2.35. The van der Waals surface area contributed by atoms with Crippen LogP contribution in [0, 0.1) is 0 Å². The van der Waals surface area contributed by atoms with E-state index in [1.165, 1.54) is 0 Å². The summed E-state index contributed by atoms with van der Waals surface area (Å²) in [4.78, 5) is 18.4. The molecule has 2 amide bonds. The molecular formula is C18H22N4O2. The van der Waals surface area contributed by atoms with Gasteiger partial charge in [0.15, 0.2) is 0 Å². The molecule has 6 nitrogen and oxygen atoms in total. The number of carbonyl (C=O) groups excluding carboxylic acids is 1. The van der Waals surface area contributed by atoms with Crippen molar-refractivity contribution in [3.05, 3.63) is 60.4 Å². The van der Waals surface area contributed by atoms with Gasteiger partial charge in [0.2, 0.25) is 0 Å². The number of benzene rings is 1. The summed E-state index contributed by atoms with van der Waals surface area (Å²) in [5.41, 5.74) is 1.09. The highest BCUT2D eigenvalue weighted by molar-refractivity contribution is 5.74. The van der Waals surface area contributed by atoms with E-state index in [-0.39, 0.29) is 12.1 Å². The number of nitrogens with one attached hydrogen (secondary N) is 2. The summed E-state index contributed by atoms with van der Waals surface area (Å²) < 4.78 is 5.76. The highest BCUT2D eigenvalue weighted by atomic mass is 16.5. The largest absolute Gasteiger partial charge is 0.490 e.